The molecule has 16 heavy (non-hydrogen) atoms. The highest BCUT2D eigenvalue weighted by Crippen LogP contribution is 2.28. The first-order valence-electron chi connectivity index (χ1n) is 6.00. The summed E-state index contributed by atoms with van der Waals surface area (Å²) in [6.07, 6.45) is 3.70. The maximum Gasteiger partial charge on any atom is 0.127 e. The minimum absolute atomic E-state index is 0.242. The van der Waals surface area contributed by atoms with Crippen LogP contribution in [0.5, 0.6) is 0 Å². The molecule has 1 unspecified atom stereocenters. The highest BCUT2D eigenvalue weighted by molar-refractivity contribution is 5.56. The maximum absolute atomic E-state index is 13.2. The molecule has 1 aliphatic rings. The Bertz CT molecular complexity index is 345. The number of hydrogen-bond donors (Lipinski definition) is 1. The van der Waals surface area contributed by atoms with Gasteiger partial charge in [-0.1, -0.05) is 13.3 Å². The SMILES string of the molecule is CCCC1CCN(c2cc(N)cc(F)c2)C1. The van der Waals surface area contributed by atoms with Crippen molar-refractivity contribution in [2.45, 2.75) is 26.2 Å². The first-order valence-corrected chi connectivity index (χ1v) is 6.00. The summed E-state index contributed by atoms with van der Waals surface area (Å²) in [7, 11) is 0. The van der Waals surface area contributed by atoms with Gasteiger partial charge in [0.1, 0.15) is 5.82 Å². The molecule has 2 rings (SSSR count). The summed E-state index contributed by atoms with van der Waals surface area (Å²) in [5.74, 6) is 0.517. The van der Waals surface area contributed by atoms with Crippen molar-refractivity contribution in [2.75, 3.05) is 23.7 Å². The third-order valence-electron chi connectivity index (χ3n) is 3.25. The summed E-state index contributed by atoms with van der Waals surface area (Å²) >= 11 is 0. The van der Waals surface area contributed by atoms with Crippen molar-refractivity contribution in [3.8, 4) is 0 Å². The van der Waals surface area contributed by atoms with Crippen LogP contribution in [0.25, 0.3) is 0 Å². The van der Waals surface area contributed by atoms with Crippen LogP contribution in [0.15, 0.2) is 18.2 Å². The molecule has 88 valence electrons. The van der Waals surface area contributed by atoms with Gasteiger partial charge in [-0.25, -0.2) is 4.39 Å². The number of nitrogens with zero attached hydrogens (tertiary/aromatic N) is 1. The Morgan fingerprint density at radius 2 is 2.25 bits per heavy atom. The second kappa shape index (κ2) is 4.73. The summed E-state index contributed by atoms with van der Waals surface area (Å²) in [4.78, 5) is 2.24. The van der Waals surface area contributed by atoms with Crippen molar-refractivity contribution in [1.82, 2.24) is 0 Å². The van der Waals surface area contributed by atoms with Crippen LogP contribution in [-0.4, -0.2) is 13.1 Å². The second-order valence-electron chi connectivity index (χ2n) is 4.63. The Balaban J connectivity index is 2.08. The zero-order valence-electron chi connectivity index (χ0n) is 9.75. The van der Waals surface area contributed by atoms with E-state index in [2.05, 4.69) is 11.8 Å². The van der Waals surface area contributed by atoms with Gasteiger partial charge in [0.05, 0.1) is 0 Å². The lowest BCUT2D eigenvalue weighted by molar-refractivity contribution is 0.529. The van der Waals surface area contributed by atoms with Crippen LogP contribution in [-0.2, 0) is 0 Å². The minimum Gasteiger partial charge on any atom is -0.399 e. The van der Waals surface area contributed by atoms with Crippen LogP contribution in [0.3, 0.4) is 0 Å². The molecule has 2 N–H and O–H groups in total. The maximum atomic E-state index is 13.2. The molecule has 3 heteroatoms. The minimum atomic E-state index is -0.242. The molecule has 0 radical (unpaired) electrons. The first kappa shape index (κ1) is 11.2. The molecule has 0 aromatic heterocycles. The predicted octanol–water partition coefficient (Wildman–Crippen LogP) is 3.03. The van der Waals surface area contributed by atoms with Crippen molar-refractivity contribution < 1.29 is 4.39 Å². The van der Waals surface area contributed by atoms with Gasteiger partial charge in [0.2, 0.25) is 0 Å². The molecule has 1 atom stereocenters. The van der Waals surface area contributed by atoms with Crippen molar-refractivity contribution >= 4 is 11.4 Å². The topological polar surface area (TPSA) is 29.3 Å². The molecular weight excluding hydrogens is 203 g/mol. The number of halogens is 1. The van der Waals surface area contributed by atoms with E-state index in [1.165, 1.54) is 25.3 Å². The van der Waals surface area contributed by atoms with E-state index in [0.717, 1.165) is 24.7 Å². The summed E-state index contributed by atoms with van der Waals surface area (Å²) in [5.41, 5.74) is 7.09. The van der Waals surface area contributed by atoms with Gasteiger partial charge in [0.25, 0.3) is 0 Å². The molecule has 0 amide bonds. The lowest BCUT2D eigenvalue weighted by Gasteiger charge is -2.19. The molecule has 0 saturated carbocycles. The van der Waals surface area contributed by atoms with Crippen LogP contribution in [0.4, 0.5) is 15.8 Å². The molecular formula is C13H19FN2. The largest absolute Gasteiger partial charge is 0.399 e. The number of rotatable bonds is 3. The van der Waals surface area contributed by atoms with Gasteiger partial charge >= 0.3 is 0 Å². The van der Waals surface area contributed by atoms with Gasteiger partial charge in [-0.2, -0.15) is 0 Å². The molecule has 1 aromatic carbocycles. The van der Waals surface area contributed by atoms with E-state index >= 15 is 0 Å². The van der Waals surface area contributed by atoms with Crippen LogP contribution >= 0.6 is 0 Å². The summed E-state index contributed by atoms with van der Waals surface area (Å²) in [6, 6.07) is 4.80. The Morgan fingerprint density at radius 3 is 2.94 bits per heavy atom. The number of nitrogen functional groups attached to an aromatic ring is 1. The third kappa shape index (κ3) is 2.46. The highest BCUT2D eigenvalue weighted by atomic mass is 19.1. The molecule has 1 heterocycles. The van der Waals surface area contributed by atoms with Crippen molar-refractivity contribution in [3.05, 3.63) is 24.0 Å². The van der Waals surface area contributed by atoms with E-state index in [4.69, 9.17) is 5.73 Å². The highest BCUT2D eigenvalue weighted by Gasteiger charge is 2.22. The second-order valence-corrected chi connectivity index (χ2v) is 4.63. The first-order chi connectivity index (χ1) is 7.69. The zero-order valence-corrected chi connectivity index (χ0v) is 9.75. The number of nitrogens with two attached hydrogens (primary N) is 1. The molecule has 2 nitrogen and oxygen atoms in total. The Morgan fingerprint density at radius 1 is 1.44 bits per heavy atom. The number of hydrogen-bond acceptors (Lipinski definition) is 2. The van der Waals surface area contributed by atoms with Crippen LogP contribution in [0.2, 0.25) is 0 Å². The molecule has 1 aliphatic heterocycles. The van der Waals surface area contributed by atoms with Crippen molar-refractivity contribution in [2.24, 2.45) is 5.92 Å². The van der Waals surface area contributed by atoms with Gasteiger partial charge in [0.15, 0.2) is 0 Å². The fourth-order valence-corrected chi connectivity index (χ4v) is 2.49. The van der Waals surface area contributed by atoms with Crippen molar-refractivity contribution in [1.29, 1.82) is 0 Å². The third-order valence-corrected chi connectivity index (χ3v) is 3.25. The zero-order chi connectivity index (χ0) is 11.5. The quantitative estimate of drug-likeness (QED) is 0.796. The van der Waals surface area contributed by atoms with Gasteiger partial charge in [-0.15, -0.1) is 0 Å². The van der Waals surface area contributed by atoms with Crippen molar-refractivity contribution in [3.63, 3.8) is 0 Å². The van der Waals surface area contributed by atoms with Gasteiger partial charge in [-0.3, -0.25) is 0 Å². The van der Waals surface area contributed by atoms with Gasteiger partial charge in [0, 0.05) is 24.5 Å². The monoisotopic (exact) mass is 222 g/mol. The molecule has 1 fully saturated rings. The van der Waals surface area contributed by atoms with Crippen LogP contribution in [0, 0.1) is 11.7 Å². The number of anilines is 2. The van der Waals surface area contributed by atoms with E-state index in [1.807, 2.05) is 6.07 Å². The van der Waals surface area contributed by atoms with E-state index in [-0.39, 0.29) is 5.82 Å². The lowest BCUT2D eigenvalue weighted by atomic mass is 10.0. The lowest BCUT2D eigenvalue weighted by Crippen LogP contribution is -2.19. The smallest absolute Gasteiger partial charge is 0.127 e. The predicted molar refractivity (Wildman–Crippen MR) is 66.0 cm³/mol. The van der Waals surface area contributed by atoms with E-state index < -0.39 is 0 Å². The average molecular weight is 222 g/mol. The van der Waals surface area contributed by atoms with E-state index in [9.17, 15) is 4.39 Å². The standard InChI is InChI=1S/C13H19FN2/c1-2-3-10-4-5-16(9-10)13-7-11(14)6-12(15)8-13/h6-8,10H,2-5,9,15H2,1H3. The Kier molecular flexibility index (Phi) is 3.32. The molecule has 0 aliphatic carbocycles. The fraction of sp³-hybridized carbons (Fsp3) is 0.538. The van der Waals surface area contributed by atoms with Crippen LogP contribution in [0.1, 0.15) is 26.2 Å². The van der Waals surface area contributed by atoms with E-state index in [1.54, 1.807) is 6.07 Å². The van der Waals surface area contributed by atoms with Gasteiger partial charge < -0.3 is 10.6 Å². The summed E-state index contributed by atoms with van der Waals surface area (Å²) in [5, 5.41) is 0. The molecule has 1 aromatic rings. The van der Waals surface area contributed by atoms with Gasteiger partial charge in [-0.05, 0) is 37.0 Å². The number of benzene rings is 1. The fourth-order valence-electron chi connectivity index (χ4n) is 2.49. The summed E-state index contributed by atoms with van der Waals surface area (Å²) in [6.45, 7) is 4.27. The Hall–Kier alpha value is -1.25. The molecule has 0 spiro atoms. The molecule has 1 saturated heterocycles. The summed E-state index contributed by atoms with van der Waals surface area (Å²) < 4.78 is 13.2. The normalized spacial score (nSPS) is 20.4. The average Bonchev–Trinajstić information content (AvgIpc) is 2.65. The van der Waals surface area contributed by atoms with Crippen LogP contribution < -0.4 is 10.6 Å². The Labute approximate surface area is 96.2 Å². The molecule has 0 bridgehead atoms. The van der Waals surface area contributed by atoms with E-state index in [0.29, 0.717) is 5.69 Å².